The van der Waals surface area contributed by atoms with Gasteiger partial charge < -0.3 is 10.6 Å². The molecular formula is C16H22ClN3O. The Morgan fingerprint density at radius 3 is 2.81 bits per heavy atom. The molecule has 1 aromatic rings. The number of hydrogen-bond donors (Lipinski definition) is 1. The van der Waals surface area contributed by atoms with Crippen LogP contribution in [0.4, 0.5) is 5.69 Å². The summed E-state index contributed by atoms with van der Waals surface area (Å²) < 4.78 is 0. The maximum Gasteiger partial charge on any atom is 0.244 e. The van der Waals surface area contributed by atoms with Crippen molar-refractivity contribution in [2.45, 2.75) is 25.8 Å². The Morgan fingerprint density at radius 1 is 1.38 bits per heavy atom. The van der Waals surface area contributed by atoms with Gasteiger partial charge in [-0.1, -0.05) is 30.7 Å². The standard InChI is InChI=1S/C16H22ClN3O/c1-16(10-18)7-9-19(11-16)14-6-8-20(15(14)21)13-5-3-2-4-12(13)17/h2-5,14H,6-11,18H2,1H3. The van der Waals surface area contributed by atoms with Crippen LogP contribution < -0.4 is 10.6 Å². The topological polar surface area (TPSA) is 49.6 Å². The lowest BCUT2D eigenvalue weighted by atomic mass is 9.90. The number of para-hydroxylation sites is 1. The molecule has 0 saturated carbocycles. The summed E-state index contributed by atoms with van der Waals surface area (Å²) in [5.41, 5.74) is 6.84. The van der Waals surface area contributed by atoms with Crippen molar-refractivity contribution < 1.29 is 4.79 Å². The highest BCUT2D eigenvalue weighted by Crippen LogP contribution is 2.35. The average Bonchev–Trinajstić information content (AvgIpc) is 3.04. The number of carbonyl (C=O) groups is 1. The molecule has 1 aromatic carbocycles. The summed E-state index contributed by atoms with van der Waals surface area (Å²) in [6, 6.07) is 7.53. The molecule has 2 N–H and O–H groups in total. The Balaban J connectivity index is 1.75. The quantitative estimate of drug-likeness (QED) is 0.930. The van der Waals surface area contributed by atoms with E-state index in [0.29, 0.717) is 11.6 Å². The van der Waals surface area contributed by atoms with E-state index in [1.54, 1.807) is 0 Å². The minimum Gasteiger partial charge on any atom is -0.330 e. The molecule has 0 spiro atoms. The molecule has 0 radical (unpaired) electrons. The Kier molecular flexibility index (Phi) is 3.95. The first-order valence-corrected chi connectivity index (χ1v) is 7.92. The molecular weight excluding hydrogens is 286 g/mol. The zero-order valence-corrected chi connectivity index (χ0v) is 13.1. The van der Waals surface area contributed by atoms with Crippen LogP contribution in [-0.4, -0.2) is 43.0 Å². The van der Waals surface area contributed by atoms with Crippen LogP contribution in [0.3, 0.4) is 0 Å². The van der Waals surface area contributed by atoms with E-state index in [9.17, 15) is 4.79 Å². The fourth-order valence-electron chi connectivity index (χ4n) is 3.41. The van der Waals surface area contributed by atoms with Gasteiger partial charge in [0.05, 0.1) is 16.8 Å². The lowest BCUT2D eigenvalue weighted by Gasteiger charge is -2.26. The molecule has 3 rings (SSSR count). The average molecular weight is 308 g/mol. The molecule has 1 amide bonds. The third-order valence-corrected chi connectivity index (χ3v) is 5.16. The van der Waals surface area contributed by atoms with Crippen molar-refractivity contribution in [3.63, 3.8) is 0 Å². The van der Waals surface area contributed by atoms with Gasteiger partial charge in [0.15, 0.2) is 0 Å². The van der Waals surface area contributed by atoms with Gasteiger partial charge in [-0.2, -0.15) is 0 Å². The van der Waals surface area contributed by atoms with Crippen molar-refractivity contribution in [1.82, 2.24) is 4.90 Å². The lowest BCUT2D eigenvalue weighted by Crippen LogP contribution is -2.42. The second-order valence-electron chi connectivity index (χ2n) is 6.48. The monoisotopic (exact) mass is 307 g/mol. The Labute approximate surface area is 130 Å². The Hall–Kier alpha value is -1.10. The third kappa shape index (κ3) is 2.68. The zero-order chi connectivity index (χ0) is 15.0. The van der Waals surface area contributed by atoms with Crippen LogP contribution in [0.15, 0.2) is 24.3 Å². The minimum atomic E-state index is -0.0188. The molecule has 0 bridgehead atoms. The highest BCUT2D eigenvalue weighted by molar-refractivity contribution is 6.33. The number of carbonyl (C=O) groups excluding carboxylic acids is 1. The first-order chi connectivity index (χ1) is 10.0. The van der Waals surface area contributed by atoms with Crippen LogP contribution in [-0.2, 0) is 4.79 Å². The van der Waals surface area contributed by atoms with Gasteiger partial charge in [-0.05, 0) is 43.5 Å². The molecule has 4 nitrogen and oxygen atoms in total. The molecule has 2 heterocycles. The van der Waals surface area contributed by atoms with Gasteiger partial charge in [0.25, 0.3) is 0 Å². The first kappa shape index (κ1) is 14.8. The van der Waals surface area contributed by atoms with Crippen LogP contribution in [0.5, 0.6) is 0 Å². The molecule has 2 unspecified atom stereocenters. The highest BCUT2D eigenvalue weighted by Gasteiger charge is 2.42. The van der Waals surface area contributed by atoms with E-state index in [0.717, 1.165) is 38.2 Å². The largest absolute Gasteiger partial charge is 0.330 e. The van der Waals surface area contributed by atoms with Crippen LogP contribution in [0.25, 0.3) is 0 Å². The van der Waals surface area contributed by atoms with Gasteiger partial charge in [0.2, 0.25) is 5.91 Å². The van der Waals surface area contributed by atoms with Crippen LogP contribution in [0.2, 0.25) is 5.02 Å². The second kappa shape index (κ2) is 5.59. The van der Waals surface area contributed by atoms with Crippen molar-refractivity contribution in [2.75, 3.05) is 31.1 Å². The van der Waals surface area contributed by atoms with E-state index in [4.69, 9.17) is 17.3 Å². The summed E-state index contributed by atoms with van der Waals surface area (Å²) >= 11 is 6.22. The summed E-state index contributed by atoms with van der Waals surface area (Å²) in [7, 11) is 0. The van der Waals surface area contributed by atoms with Gasteiger partial charge in [-0.15, -0.1) is 0 Å². The number of likely N-dealkylation sites (tertiary alicyclic amines) is 1. The second-order valence-corrected chi connectivity index (χ2v) is 6.89. The number of nitrogens with two attached hydrogens (primary N) is 1. The van der Waals surface area contributed by atoms with E-state index < -0.39 is 0 Å². The van der Waals surface area contributed by atoms with Gasteiger partial charge in [-0.3, -0.25) is 9.69 Å². The molecule has 2 atom stereocenters. The van der Waals surface area contributed by atoms with Gasteiger partial charge in [0, 0.05) is 13.1 Å². The molecule has 2 aliphatic heterocycles. The van der Waals surface area contributed by atoms with E-state index in [1.807, 2.05) is 29.2 Å². The van der Waals surface area contributed by atoms with Crippen molar-refractivity contribution >= 4 is 23.2 Å². The predicted molar refractivity (Wildman–Crippen MR) is 85.6 cm³/mol. The third-order valence-electron chi connectivity index (χ3n) is 4.84. The molecule has 0 aromatic heterocycles. The van der Waals surface area contributed by atoms with Crippen molar-refractivity contribution in [2.24, 2.45) is 11.1 Å². The number of hydrogen-bond acceptors (Lipinski definition) is 3. The summed E-state index contributed by atoms with van der Waals surface area (Å²) in [5.74, 6) is 0.171. The van der Waals surface area contributed by atoms with Gasteiger partial charge >= 0.3 is 0 Å². The van der Waals surface area contributed by atoms with E-state index in [-0.39, 0.29) is 17.4 Å². The Morgan fingerprint density at radius 2 is 2.14 bits per heavy atom. The first-order valence-electron chi connectivity index (χ1n) is 7.54. The highest BCUT2D eigenvalue weighted by atomic mass is 35.5. The van der Waals surface area contributed by atoms with Gasteiger partial charge in [-0.25, -0.2) is 0 Å². The molecule has 0 aliphatic carbocycles. The summed E-state index contributed by atoms with van der Waals surface area (Å²) in [5, 5.41) is 0.639. The van der Waals surface area contributed by atoms with Crippen molar-refractivity contribution in [1.29, 1.82) is 0 Å². The van der Waals surface area contributed by atoms with Crippen molar-refractivity contribution in [3.05, 3.63) is 29.3 Å². The smallest absolute Gasteiger partial charge is 0.244 e. The normalized spacial score (nSPS) is 30.3. The predicted octanol–water partition coefficient (Wildman–Crippen LogP) is 2.12. The molecule has 2 fully saturated rings. The lowest BCUT2D eigenvalue weighted by molar-refractivity contribution is -0.121. The van der Waals surface area contributed by atoms with E-state index >= 15 is 0 Å². The Bertz CT molecular complexity index is 550. The molecule has 2 aliphatic rings. The number of benzene rings is 1. The van der Waals surface area contributed by atoms with Crippen LogP contribution in [0, 0.1) is 5.41 Å². The van der Waals surface area contributed by atoms with Crippen molar-refractivity contribution in [3.8, 4) is 0 Å². The minimum absolute atomic E-state index is 0.0188. The summed E-state index contributed by atoms with van der Waals surface area (Å²) in [6.07, 6.45) is 1.93. The molecule has 21 heavy (non-hydrogen) atoms. The number of halogens is 1. The molecule has 2 saturated heterocycles. The zero-order valence-electron chi connectivity index (χ0n) is 12.4. The maximum absolute atomic E-state index is 12.7. The van der Waals surface area contributed by atoms with E-state index in [2.05, 4.69) is 11.8 Å². The summed E-state index contributed by atoms with van der Waals surface area (Å²) in [6.45, 7) is 5.50. The SMILES string of the molecule is CC1(CN)CCN(C2CCN(c3ccccc3Cl)C2=O)C1. The van der Waals surface area contributed by atoms with Crippen LogP contribution in [0.1, 0.15) is 19.8 Å². The fourth-order valence-corrected chi connectivity index (χ4v) is 3.65. The number of anilines is 1. The van der Waals surface area contributed by atoms with Crippen LogP contribution >= 0.6 is 11.6 Å². The number of rotatable bonds is 3. The molecule has 114 valence electrons. The molecule has 5 heteroatoms. The fraction of sp³-hybridized carbons (Fsp3) is 0.562. The van der Waals surface area contributed by atoms with E-state index in [1.165, 1.54) is 0 Å². The van der Waals surface area contributed by atoms with Gasteiger partial charge in [0.1, 0.15) is 0 Å². The number of amides is 1. The maximum atomic E-state index is 12.7. The summed E-state index contributed by atoms with van der Waals surface area (Å²) in [4.78, 5) is 16.9. The number of nitrogens with zero attached hydrogens (tertiary/aromatic N) is 2.